The first-order valence-electron chi connectivity index (χ1n) is 11.3. The number of alkyl halides is 3. The third-order valence-corrected chi connectivity index (χ3v) is 7.72. The van der Waals surface area contributed by atoms with Gasteiger partial charge in [0.25, 0.3) is 0 Å². The van der Waals surface area contributed by atoms with Gasteiger partial charge in [0.1, 0.15) is 29.3 Å². The average Bonchev–Trinajstić information content (AvgIpc) is 3.40. The Morgan fingerprint density at radius 1 is 1.00 bits per heavy atom. The zero-order chi connectivity index (χ0) is 27.9. The summed E-state index contributed by atoms with van der Waals surface area (Å²) in [5, 5.41) is 14.5. The number of fused-ring (bicyclic) bond motifs is 1. The van der Waals surface area contributed by atoms with Crippen molar-refractivity contribution in [3.63, 3.8) is 0 Å². The van der Waals surface area contributed by atoms with Gasteiger partial charge in [-0.15, -0.1) is 0 Å². The van der Waals surface area contributed by atoms with E-state index < -0.39 is 33.1 Å². The Labute approximate surface area is 219 Å². The molecular formula is C27H18F4N2O5S. The molecule has 5 rings (SSSR count). The van der Waals surface area contributed by atoms with Crippen LogP contribution in [0.5, 0.6) is 11.5 Å². The van der Waals surface area contributed by atoms with Gasteiger partial charge in [-0.25, -0.2) is 12.8 Å². The third-order valence-electron chi connectivity index (χ3n) is 6.07. The van der Waals surface area contributed by atoms with Crippen molar-refractivity contribution in [2.24, 2.45) is 0 Å². The molecule has 12 heteroatoms. The van der Waals surface area contributed by atoms with E-state index in [4.69, 9.17) is 4.74 Å². The molecule has 0 radical (unpaired) electrons. The highest BCUT2D eigenvalue weighted by atomic mass is 32.2. The van der Waals surface area contributed by atoms with E-state index in [0.717, 1.165) is 24.4 Å². The van der Waals surface area contributed by atoms with Gasteiger partial charge < -0.3 is 14.4 Å². The SMILES string of the molecule is COc1cc(-c2cccc(C(F)(F)F)c2)c(F)cc1-c1ncc(O)c2cc(S(=O)(=O)Cc3ccon3)ccc12. The number of aromatic hydroxyl groups is 1. The Bertz CT molecular complexity index is 1800. The van der Waals surface area contributed by atoms with Crippen LogP contribution in [0.1, 0.15) is 11.3 Å². The second-order valence-corrected chi connectivity index (χ2v) is 10.5. The number of rotatable bonds is 6. The van der Waals surface area contributed by atoms with Crippen LogP contribution < -0.4 is 4.74 Å². The lowest BCUT2D eigenvalue weighted by Gasteiger charge is -2.15. The monoisotopic (exact) mass is 558 g/mol. The van der Waals surface area contributed by atoms with E-state index in [1.807, 2.05) is 0 Å². The second-order valence-electron chi connectivity index (χ2n) is 8.56. The molecule has 2 aromatic heterocycles. The van der Waals surface area contributed by atoms with Crippen LogP contribution in [0.15, 0.2) is 82.5 Å². The molecule has 0 saturated heterocycles. The molecule has 0 aliphatic carbocycles. The van der Waals surface area contributed by atoms with E-state index >= 15 is 4.39 Å². The Kier molecular flexibility index (Phi) is 6.51. The molecule has 0 fully saturated rings. The maximum absolute atomic E-state index is 15.3. The number of methoxy groups -OCH3 is 1. The first-order chi connectivity index (χ1) is 18.5. The van der Waals surface area contributed by atoms with Gasteiger partial charge in [-0.3, -0.25) is 4.98 Å². The lowest BCUT2D eigenvalue weighted by atomic mass is 9.97. The molecule has 5 aromatic rings. The highest BCUT2D eigenvalue weighted by molar-refractivity contribution is 7.90. The molecule has 0 aliphatic heterocycles. The molecule has 0 unspecified atom stereocenters. The summed E-state index contributed by atoms with van der Waals surface area (Å²) in [6.07, 6.45) is -2.27. The fourth-order valence-corrected chi connectivity index (χ4v) is 5.47. The molecule has 0 saturated carbocycles. The van der Waals surface area contributed by atoms with Crippen molar-refractivity contribution < 1.29 is 40.3 Å². The van der Waals surface area contributed by atoms with Crippen LogP contribution in [0.2, 0.25) is 0 Å². The normalized spacial score (nSPS) is 12.1. The Hall–Kier alpha value is -4.45. The maximum atomic E-state index is 15.3. The summed E-state index contributed by atoms with van der Waals surface area (Å²) in [7, 11) is -2.55. The molecule has 0 aliphatic rings. The minimum absolute atomic E-state index is 0.00217. The summed E-state index contributed by atoms with van der Waals surface area (Å²) in [6, 6.07) is 12.0. The zero-order valence-electron chi connectivity index (χ0n) is 20.0. The van der Waals surface area contributed by atoms with Gasteiger partial charge in [0, 0.05) is 28.0 Å². The zero-order valence-corrected chi connectivity index (χ0v) is 20.8. The minimum atomic E-state index is -4.60. The molecule has 39 heavy (non-hydrogen) atoms. The van der Waals surface area contributed by atoms with Crippen molar-refractivity contribution in [1.29, 1.82) is 0 Å². The van der Waals surface area contributed by atoms with Crippen LogP contribution in [0, 0.1) is 5.82 Å². The van der Waals surface area contributed by atoms with Gasteiger partial charge in [0.05, 0.1) is 35.2 Å². The number of sulfone groups is 1. The molecule has 0 bridgehead atoms. The number of aromatic nitrogens is 2. The first kappa shape index (κ1) is 26.2. The van der Waals surface area contributed by atoms with Gasteiger partial charge in [-0.2, -0.15) is 13.2 Å². The van der Waals surface area contributed by atoms with E-state index in [1.165, 1.54) is 55.8 Å². The van der Waals surface area contributed by atoms with Crippen LogP contribution in [-0.4, -0.2) is 30.8 Å². The van der Waals surface area contributed by atoms with Crippen LogP contribution in [-0.2, 0) is 21.8 Å². The fourth-order valence-electron chi connectivity index (χ4n) is 4.20. The predicted molar refractivity (Wildman–Crippen MR) is 133 cm³/mol. The molecule has 0 amide bonds. The maximum Gasteiger partial charge on any atom is 0.416 e. The van der Waals surface area contributed by atoms with Gasteiger partial charge >= 0.3 is 6.18 Å². The minimum Gasteiger partial charge on any atom is -0.506 e. The van der Waals surface area contributed by atoms with E-state index in [-0.39, 0.29) is 49.9 Å². The van der Waals surface area contributed by atoms with Crippen LogP contribution in [0.25, 0.3) is 33.2 Å². The van der Waals surface area contributed by atoms with Crippen molar-refractivity contribution in [1.82, 2.24) is 10.1 Å². The van der Waals surface area contributed by atoms with Gasteiger partial charge in [-0.05, 0) is 42.0 Å². The molecule has 0 atom stereocenters. The number of hydrogen-bond acceptors (Lipinski definition) is 7. The number of hydrogen-bond donors (Lipinski definition) is 1. The lowest BCUT2D eigenvalue weighted by molar-refractivity contribution is -0.137. The summed E-state index contributed by atoms with van der Waals surface area (Å²) in [5.41, 5.74) is -0.536. The van der Waals surface area contributed by atoms with Crippen LogP contribution in [0.4, 0.5) is 17.6 Å². The number of pyridine rings is 1. The van der Waals surface area contributed by atoms with Gasteiger partial charge in [0.15, 0.2) is 9.84 Å². The lowest BCUT2D eigenvalue weighted by Crippen LogP contribution is -2.05. The quantitative estimate of drug-likeness (QED) is 0.241. The first-order valence-corrected chi connectivity index (χ1v) is 12.9. The Balaban J connectivity index is 1.62. The van der Waals surface area contributed by atoms with Crippen molar-refractivity contribution in [3.8, 4) is 33.9 Å². The topological polar surface area (TPSA) is 103 Å². The molecule has 1 N–H and O–H groups in total. The fraction of sp³-hybridized carbons (Fsp3) is 0.111. The van der Waals surface area contributed by atoms with Crippen molar-refractivity contribution in [3.05, 3.63) is 90.2 Å². The highest BCUT2D eigenvalue weighted by Crippen LogP contribution is 2.41. The number of benzene rings is 3. The molecule has 200 valence electrons. The Morgan fingerprint density at radius 3 is 2.49 bits per heavy atom. The van der Waals surface area contributed by atoms with Gasteiger partial charge in [-0.1, -0.05) is 23.4 Å². The van der Waals surface area contributed by atoms with E-state index in [9.17, 15) is 26.7 Å². The van der Waals surface area contributed by atoms with Crippen LogP contribution >= 0.6 is 0 Å². The summed E-state index contributed by atoms with van der Waals surface area (Å²) in [4.78, 5) is 4.12. The summed E-state index contributed by atoms with van der Waals surface area (Å²) in [5.74, 6) is -1.47. The van der Waals surface area contributed by atoms with E-state index in [1.54, 1.807) is 0 Å². The standard InChI is InChI=1S/C27H18F4N2O5S/c1-37-25-12-20(15-3-2-4-16(9-15)27(29,30)31)23(28)11-22(25)26-19-6-5-18(10-21(19)24(34)13-32-26)39(35,36)14-17-7-8-38-33-17/h2-13,34H,14H2,1H3. The molecule has 0 spiro atoms. The second kappa shape index (κ2) is 9.70. The third kappa shape index (κ3) is 5.02. The van der Waals surface area contributed by atoms with Crippen molar-refractivity contribution >= 4 is 20.6 Å². The molecule has 7 nitrogen and oxygen atoms in total. The van der Waals surface area contributed by atoms with Gasteiger partial charge in [0.2, 0.25) is 0 Å². The Morgan fingerprint density at radius 2 is 1.79 bits per heavy atom. The number of halogens is 4. The number of ether oxygens (including phenoxy) is 1. The summed E-state index contributed by atoms with van der Waals surface area (Å²) in [6.45, 7) is 0. The summed E-state index contributed by atoms with van der Waals surface area (Å²) < 4.78 is 90.8. The van der Waals surface area contributed by atoms with Crippen molar-refractivity contribution in [2.75, 3.05) is 7.11 Å². The largest absolute Gasteiger partial charge is 0.506 e. The number of nitrogens with zero attached hydrogens (tertiary/aromatic N) is 2. The van der Waals surface area contributed by atoms with Crippen LogP contribution in [0.3, 0.4) is 0 Å². The predicted octanol–water partition coefficient (Wildman–Crippen LogP) is 6.40. The van der Waals surface area contributed by atoms with E-state index in [0.29, 0.717) is 5.39 Å². The smallest absolute Gasteiger partial charge is 0.416 e. The van der Waals surface area contributed by atoms with E-state index in [2.05, 4.69) is 14.7 Å². The summed E-state index contributed by atoms with van der Waals surface area (Å²) >= 11 is 0. The molecular weight excluding hydrogens is 540 g/mol. The highest BCUT2D eigenvalue weighted by Gasteiger charge is 2.31. The molecule has 3 aromatic carbocycles. The average molecular weight is 559 g/mol. The van der Waals surface area contributed by atoms with Crippen molar-refractivity contribution in [2.45, 2.75) is 16.8 Å². The molecule has 2 heterocycles.